The van der Waals surface area contributed by atoms with Crippen LogP contribution in [0.4, 0.5) is 0 Å². The standard InChI is InChI=1S/C36H24N4S4/c1-5-14-24(15-6-1)41-33-28-22-13-23-29-30(28)32-31(35(33)43-26-18-9-3-10-19-26)37-38-39-40(32)36(44-27-20-11-4-12-21-27)34(29)42-25-16-7-2-8-17-25/h1-23H,(H,37,39). The molecule has 44 heavy (non-hydrogen) atoms. The second-order valence-electron chi connectivity index (χ2n) is 10.0. The van der Waals surface area contributed by atoms with E-state index in [0.717, 1.165) is 30.9 Å². The minimum atomic E-state index is 0.974. The predicted octanol–water partition coefficient (Wildman–Crippen LogP) is 10.9. The number of benzene rings is 6. The predicted molar refractivity (Wildman–Crippen MR) is 184 cm³/mol. The highest BCUT2D eigenvalue weighted by molar-refractivity contribution is 8.03. The molecular weight excluding hydrogens is 617 g/mol. The molecule has 6 aromatic carbocycles. The Labute approximate surface area is 272 Å². The van der Waals surface area contributed by atoms with Crippen LogP contribution in [0.25, 0.3) is 27.4 Å². The summed E-state index contributed by atoms with van der Waals surface area (Å²) in [5.41, 5.74) is 2.01. The van der Waals surface area contributed by atoms with E-state index in [2.05, 4.69) is 155 Å². The van der Waals surface area contributed by atoms with Gasteiger partial charge in [0.25, 0.3) is 0 Å². The number of aromatic nitrogens is 4. The van der Waals surface area contributed by atoms with E-state index in [1.54, 1.807) is 47.0 Å². The van der Waals surface area contributed by atoms with Gasteiger partial charge in [0, 0.05) is 35.2 Å². The fourth-order valence-electron chi connectivity index (χ4n) is 5.29. The summed E-state index contributed by atoms with van der Waals surface area (Å²) in [5, 5.41) is 17.2. The van der Waals surface area contributed by atoms with E-state index in [-0.39, 0.29) is 0 Å². The molecule has 0 radical (unpaired) electrons. The summed E-state index contributed by atoms with van der Waals surface area (Å²) in [6.07, 6.45) is 0. The van der Waals surface area contributed by atoms with Gasteiger partial charge in [-0.05, 0) is 59.1 Å². The molecular formula is C36H24N4S4. The first kappa shape index (κ1) is 27.5. The van der Waals surface area contributed by atoms with Crippen molar-refractivity contribution < 1.29 is 0 Å². The number of hydrogen-bond acceptors (Lipinski definition) is 6. The summed E-state index contributed by atoms with van der Waals surface area (Å²) >= 11 is 7.06. The molecule has 2 heterocycles. The van der Waals surface area contributed by atoms with Gasteiger partial charge in [-0.15, -0.1) is 0 Å². The lowest BCUT2D eigenvalue weighted by molar-refractivity contribution is 0.632. The molecule has 0 saturated carbocycles. The molecule has 4 nitrogen and oxygen atoms in total. The van der Waals surface area contributed by atoms with Crippen molar-refractivity contribution in [1.82, 2.24) is 20.2 Å². The van der Waals surface area contributed by atoms with Gasteiger partial charge in [0.2, 0.25) is 0 Å². The molecule has 8 rings (SSSR count). The largest absolute Gasteiger partial charge is 0.255 e. The summed E-state index contributed by atoms with van der Waals surface area (Å²) in [4.78, 5) is 8.18. The van der Waals surface area contributed by atoms with Gasteiger partial charge in [-0.1, -0.05) is 143 Å². The molecule has 0 unspecified atom stereocenters. The molecule has 8 heteroatoms. The summed E-state index contributed by atoms with van der Waals surface area (Å²) < 4.78 is 2.05. The fourth-order valence-corrected chi connectivity index (χ4v) is 9.69. The lowest BCUT2D eigenvalue weighted by Crippen LogP contribution is -2.14. The minimum Gasteiger partial charge on any atom is -0.255 e. The number of aromatic amines is 1. The highest BCUT2D eigenvalue weighted by Crippen LogP contribution is 2.53. The first-order chi connectivity index (χ1) is 21.8. The lowest BCUT2D eigenvalue weighted by Gasteiger charge is -2.26. The second kappa shape index (κ2) is 12.1. The molecule has 0 aliphatic carbocycles. The second-order valence-corrected chi connectivity index (χ2v) is 14.3. The van der Waals surface area contributed by atoms with Crippen molar-refractivity contribution in [2.45, 2.75) is 39.3 Å². The van der Waals surface area contributed by atoms with Gasteiger partial charge in [-0.25, -0.2) is 4.68 Å². The number of nitrogens with zero attached hydrogens (tertiary/aromatic N) is 3. The van der Waals surface area contributed by atoms with Crippen LogP contribution >= 0.6 is 47.0 Å². The van der Waals surface area contributed by atoms with E-state index in [9.17, 15) is 0 Å². The van der Waals surface area contributed by atoms with Gasteiger partial charge in [0.15, 0.2) is 0 Å². The van der Waals surface area contributed by atoms with Crippen molar-refractivity contribution in [3.05, 3.63) is 140 Å². The number of rotatable bonds is 8. The number of nitrogens with one attached hydrogen (secondary N) is 1. The van der Waals surface area contributed by atoms with Crippen molar-refractivity contribution in [3.8, 4) is 5.69 Å². The Bertz CT molecular complexity index is 2160. The smallest absolute Gasteiger partial charge is 0.119 e. The SMILES string of the molecule is c1ccc(Sc2c(Sc3ccccc3)c3cccc4c(Sc5ccccc5)c(Sc5ccccc5)n5nn[nH]c2c-5c34)cc1. The third-order valence-corrected chi connectivity index (χ3v) is 11.9. The first-order valence-electron chi connectivity index (χ1n) is 14.1. The average molecular weight is 641 g/mol. The van der Waals surface area contributed by atoms with Gasteiger partial charge in [-0.2, -0.15) is 0 Å². The Morgan fingerprint density at radius 3 is 1.45 bits per heavy atom. The number of H-pyrrole nitrogens is 1. The van der Waals surface area contributed by atoms with Crippen molar-refractivity contribution >= 4 is 68.7 Å². The summed E-state index contributed by atoms with van der Waals surface area (Å²) in [6.45, 7) is 0. The summed E-state index contributed by atoms with van der Waals surface area (Å²) in [7, 11) is 0. The Balaban J connectivity index is 1.46. The maximum absolute atomic E-state index is 4.75. The van der Waals surface area contributed by atoms with Crippen LogP contribution < -0.4 is 0 Å². The van der Waals surface area contributed by atoms with E-state index in [1.165, 1.54) is 35.7 Å². The van der Waals surface area contributed by atoms with E-state index < -0.39 is 0 Å². The normalized spacial score (nSPS) is 11.5. The van der Waals surface area contributed by atoms with Crippen LogP contribution in [0.5, 0.6) is 0 Å². The maximum atomic E-state index is 4.75. The molecule has 0 fully saturated rings. The molecule has 0 atom stereocenters. The zero-order valence-corrected chi connectivity index (χ0v) is 26.5. The zero-order valence-electron chi connectivity index (χ0n) is 23.3. The third-order valence-electron chi connectivity index (χ3n) is 7.20. The van der Waals surface area contributed by atoms with Gasteiger partial charge >= 0.3 is 0 Å². The highest BCUT2D eigenvalue weighted by Gasteiger charge is 2.29. The molecule has 6 aromatic rings. The topological polar surface area (TPSA) is 46.5 Å². The molecule has 0 aromatic heterocycles. The summed E-state index contributed by atoms with van der Waals surface area (Å²) in [5.74, 6) is 0. The van der Waals surface area contributed by atoms with Crippen LogP contribution in [0.3, 0.4) is 0 Å². The van der Waals surface area contributed by atoms with Crippen LogP contribution in [0.15, 0.2) is 179 Å². The molecule has 0 amide bonds. The molecule has 212 valence electrons. The zero-order chi connectivity index (χ0) is 29.3. The van der Waals surface area contributed by atoms with E-state index >= 15 is 0 Å². The maximum Gasteiger partial charge on any atom is 0.119 e. The van der Waals surface area contributed by atoms with Gasteiger partial charge < -0.3 is 0 Å². The Kier molecular flexibility index (Phi) is 7.57. The van der Waals surface area contributed by atoms with Crippen LogP contribution in [-0.2, 0) is 0 Å². The van der Waals surface area contributed by atoms with Crippen LogP contribution in [0.2, 0.25) is 0 Å². The number of pyridine rings is 1. The van der Waals surface area contributed by atoms with E-state index in [0.29, 0.717) is 0 Å². The monoisotopic (exact) mass is 640 g/mol. The molecule has 0 bridgehead atoms. The van der Waals surface area contributed by atoms with Gasteiger partial charge in [-0.3, -0.25) is 5.10 Å². The molecule has 0 spiro atoms. The minimum absolute atomic E-state index is 0.974. The Morgan fingerprint density at radius 1 is 0.455 bits per heavy atom. The van der Waals surface area contributed by atoms with Crippen molar-refractivity contribution in [1.29, 1.82) is 0 Å². The first-order valence-corrected chi connectivity index (χ1v) is 17.4. The van der Waals surface area contributed by atoms with E-state index in [4.69, 9.17) is 5.21 Å². The third kappa shape index (κ3) is 5.18. The quantitative estimate of drug-likeness (QED) is 0.167. The van der Waals surface area contributed by atoms with Crippen LogP contribution in [0, 0.1) is 0 Å². The molecule has 0 saturated heterocycles. The highest BCUT2D eigenvalue weighted by atomic mass is 32.2. The fraction of sp³-hybridized carbons (Fsp3) is 0. The molecule has 2 aliphatic rings. The Morgan fingerprint density at radius 2 is 0.909 bits per heavy atom. The van der Waals surface area contributed by atoms with Gasteiger partial charge in [0.1, 0.15) is 10.7 Å². The van der Waals surface area contributed by atoms with Crippen molar-refractivity contribution in [3.63, 3.8) is 0 Å². The van der Waals surface area contributed by atoms with Gasteiger partial charge in [0.05, 0.1) is 15.3 Å². The van der Waals surface area contributed by atoms with Crippen molar-refractivity contribution in [2.24, 2.45) is 0 Å². The van der Waals surface area contributed by atoms with Crippen molar-refractivity contribution in [2.75, 3.05) is 0 Å². The van der Waals surface area contributed by atoms with E-state index in [1.807, 2.05) is 0 Å². The Hall–Kier alpha value is -4.08. The summed E-state index contributed by atoms with van der Waals surface area (Å²) in [6, 6.07) is 48.9. The molecule has 2 aliphatic heterocycles. The number of hydrogen-bond donors (Lipinski definition) is 1. The molecule has 1 N–H and O–H groups in total. The average Bonchev–Trinajstić information content (AvgIpc) is 3.09. The van der Waals surface area contributed by atoms with Crippen LogP contribution in [-0.4, -0.2) is 20.2 Å². The lowest BCUT2D eigenvalue weighted by atomic mass is 10.0. The van der Waals surface area contributed by atoms with Crippen LogP contribution in [0.1, 0.15) is 0 Å².